The number of nitro benzene ring substituents is 1. The number of unbranched alkanes of at least 4 members (excludes halogenated alkanes) is 1. The summed E-state index contributed by atoms with van der Waals surface area (Å²) in [6.45, 7) is 4.65. The number of aromatic nitrogens is 4. The number of anilines is 1. The molecule has 10 nitrogen and oxygen atoms in total. The molecule has 128 valence electrons. The Balaban J connectivity index is 2.13. The Bertz CT molecular complexity index is 730. The Morgan fingerprint density at radius 3 is 2.88 bits per heavy atom. The van der Waals surface area contributed by atoms with Crippen molar-refractivity contribution in [1.82, 2.24) is 20.2 Å². The molecule has 2 rings (SSSR count). The first-order valence-corrected chi connectivity index (χ1v) is 7.55. The van der Waals surface area contributed by atoms with Gasteiger partial charge in [-0.3, -0.25) is 20.2 Å². The fourth-order valence-corrected chi connectivity index (χ4v) is 1.94. The molecule has 0 aliphatic heterocycles. The van der Waals surface area contributed by atoms with Crippen LogP contribution in [-0.4, -0.2) is 37.6 Å². The topological polar surface area (TPSA) is 125 Å². The van der Waals surface area contributed by atoms with Crippen molar-refractivity contribution in [1.29, 1.82) is 0 Å². The highest BCUT2D eigenvalue weighted by Crippen LogP contribution is 2.28. The van der Waals surface area contributed by atoms with Crippen LogP contribution in [0.15, 0.2) is 18.2 Å². The van der Waals surface area contributed by atoms with Gasteiger partial charge in [0.1, 0.15) is 0 Å². The van der Waals surface area contributed by atoms with Crippen molar-refractivity contribution in [2.75, 3.05) is 11.9 Å². The van der Waals surface area contributed by atoms with E-state index in [1.165, 1.54) is 16.9 Å². The fourth-order valence-electron chi connectivity index (χ4n) is 1.94. The third-order valence-electron chi connectivity index (χ3n) is 3.11. The minimum Gasteiger partial charge on any atom is -0.487 e. The Labute approximate surface area is 138 Å². The monoisotopic (exact) mass is 334 g/mol. The van der Waals surface area contributed by atoms with E-state index < -0.39 is 10.8 Å². The first-order valence-electron chi connectivity index (χ1n) is 7.55. The summed E-state index contributed by atoms with van der Waals surface area (Å²) in [5.41, 5.74) is -0.167. The molecule has 0 fully saturated rings. The number of amides is 1. The molecule has 0 radical (unpaired) electrons. The summed E-state index contributed by atoms with van der Waals surface area (Å²) in [6, 6.07) is 3.98. The molecule has 1 aromatic heterocycles. The summed E-state index contributed by atoms with van der Waals surface area (Å²) in [5.74, 6) is -0.397. The number of rotatable bonds is 8. The predicted molar refractivity (Wildman–Crippen MR) is 84.9 cm³/mol. The van der Waals surface area contributed by atoms with Crippen molar-refractivity contribution < 1.29 is 14.5 Å². The van der Waals surface area contributed by atoms with Crippen LogP contribution in [0.3, 0.4) is 0 Å². The largest absolute Gasteiger partial charge is 0.487 e. The van der Waals surface area contributed by atoms with E-state index in [1.807, 2.05) is 6.92 Å². The molecule has 1 heterocycles. The smallest absolute Gasteiger partial charge is 0.311 e. The summed E-state index contributed by atoms with van der Waals surface area (Å²) in [6.07, 6.45) is 1.88. The van der Waals surface area contributed by atoms with Gasteiger partial charge in [-0.1, -0.05) is 18.4 Å². The fraction of sp³-hybridized carbons (Fsp3) is 0.429. The van der Waals surface area contributed by atoms with Gasteiger partial charge < -0.3 is 4.74 Å². The minimum atomic E-state index is -0.596. The van der Waals surface area contributed by atoms with Gasteiger partial charge in [0.05, 0.1) is 18.1 Å². The molecule has 0 aliphatic carbocycles. The summed E-state index contributed by atoms with van der Waals surface area (Å²) in [4.78, 5) is 24.1. The lowest BCUT2D eigenvalue weighted by Gasteiger charge is -2.06. The van der Waals surface area contributed by atoms with Gasteiger partial charge in [-0.15, -0.1) is 5.10 Å². The van der Waals surface area contributed by atoms with E-state index in [2.05, 4.69) is 20.7 Å². The number of aryl methyl sites for hydroxylation is 1. The number of carbonyl (C=O) groups is 1. The first-order chi connectivity index (χ1) is 11.5. The maximum Gasteiger partial charge on any atom is 0.311 e. The maximum absolute atomic E-state index is 12.2. The van der Waals surface area contributed by atoms with Crippen LogP contribution in [0.4, 0.5) is 11.6 Å². The van der Waals surface area contributed by atoms with Crippen molar-refractivity contribution in [2.24, 2.45) is 0 Å². The van der Waals surface area contributed by atoms with E-state index in [9.17, 15) is 14.9 Å². The maximum atomic E-state index is 12.2. The zero-order valence-corrected chi connectivity index (χ0v) is 13.4. The van der Waals surface area contributed by atoms with Crippen molar-refractivity contribution in [3.05, 3.63) is 33.9 Å². The van der Waals surface area contributed by atoms with E-state index in [0.29, 0.717) is 6.54 Å². The molecule has 0 aliphatic rings. The van der Waals surface area contributed by atoms with Crippen LogP contribution in [0.25, 0.3) is 0 Å². The van der Waals surface area contributed by atoms with Crippen molar-refractivity contribution in [2.45, 2.75) is 33.2 Å². The van der Waals surface area contributed by atoms with Crippen LogP contribution >= 0.6 is 0 Å². The summed E-state index contributed by atoms with van der Waals surface area (Å²) in [7, 11) is 0. The summed E-state index contributed by atoms with van der Waals surface area (Å²) >= 11 is 0. The average molecular weight is 334 g/mol. The van der Waals surface area contributed by atoms with Crippen LogP contribution in [0.2, 0.25) is 0 Å². The van der Waals surface area contributed by atoms with Gasteiger partial charge >= 0.3 is 5.69 Å². The molecule has 24 heavy (non-hydrogen) atoms. The molecule has 0 spiro atoms. The van der Waals surface area contributed by atoms with Gasteiger partial charge in [-0.05, 0) is 30.7 Å². The van der Waals surface area contributed by atoms with Crippen molar-refractivity contribution in [3.63, 3.8) is 0 Å². The van der Waals surface area contributed by atoms with Crippen LogP contribution in [0.5, 0.6) is 5.75 Å². The zero-order chi connectivity index (χ0) is 17.5. The lowest BCUT2D eigenvalue weighted by Crippen LogP contribution is -2.14. The van der Waals surface area contributed by atoms with Gasteiger partial charge in [-0.2, -0.15) is 4.80 Å². The number of benzene rings is 1. The molecule has 0 saturated carbocycles. The Morgan fingerprint density at radius 2 is 2.21 bits per heavy atom. The summed E-state index contributed by atoms with van der Waals surface area (Å²) < 4.78 is 5.18. The van der Waals surface area contributed by atoms with Crippen LogP contribution in [-0.2, 0) is 6.54 Å². The number of hydrogen-bond acceptors (Lipinski definition) is 7. The molecule has 10 heteroatoms. The molecule has 0 bridgehead atoms. The number of hydrogen-bond donors (Lipinski definition) is 1. The Kier molecular flexibility index (Phi) is 5.77. The summed E-state index contributed by atoms with van der Waals surface area (Å²) in [5, 5.41) is 25.1. The molecule has 0 unspecified atom stereocenters. The number of nitrogens with zero attached hydrogens (tertiary/aromatic N) is 5. The third kappa shape index (κ3) is 4.24. The van der Waals surface area contributed by atoms with Crippen molar-refractivity contribution >= 4 is 17.5 Å². The van der Waals surface area contributed by atoms with E-state index in [-0.39, 0.29) is 29.6 Å². The minimum absolute atomic E-state index is 0.0487. The molecular formula is C14H18N6O4. The normalized spacial score (nSPS) is 10.4. The molecule has 1 amide bonds. The molecule has 2 aromatic rings. The second-order valence-electron chi connectivity index (χ2n) is 4.89. The van der Waals surface area contributed by atoms with Gasteiger partial charge in [0.15, 0.2) is 5.75 Å². The number of nitro groups is 1. The van der Waals surface area contributed by atoms with E-state index in [0.717, 1.165) is 18.9 Å². The SMILES string of the molecule is CCCCn1nnc(NC(=O)c2ccc(OCC)c([N+](=O)[O-])c2)n1. The first kappa shape index (κ1) is 17.3. The number of carbonyl (C=O) groups excluding carboxylic acids is 1. The molecule has 0 saturated heterocycles. The number of nitrogens with one attached hydrogen (secondary N) is 1. The van der Waals surface area contributed by atoms with Gasteiger partial charge in [0, 0.05) is 11.6 Å². The second-order valence-corrected chi connectivity index (χ2v) is 4.89. The third-order valence-corrected chi connectivity index (χ3v) is 3.11. The van der Waals surface area contributed by atoms with E-state index in [4.69, 9.17) is 4.74 Å². The van der Waals surface area contributed by atoms with Crippen molar-refractivity contribution in [3.8, 4) is 5.75 Å². The highest BCUT2D eigenvalue weighted by molar-refractivity contribution is 6.03. The second kappa shape index (κ2) is 7.99. The van der Waals surface area contributed by atoms with Gasteiger partial charge in [-0.25, -0.2) is 0 Å². The standard InChI is InChI=1S/C14H18N6O4/c1-3-5-8-19-17-14(16-18-19)15-13(21)10-6-7-12(24-4-2)11(9-10)20(22)23/h6-7,9H,3-5,8H2,1-2H3,(H,15,17,21). The molecular weight excluding hydrogens is 316 g/mol. The Morgan fingerprint density at radius 1 is 1.42 bits per heavy atom. The highest BCUT2D eigenvalue weighted by Gasteiger charge is 2.19. The zero-order valence-electron chi connectivity index (χ0n) is 13.4. The van der Waals surface area contributed by atoms with Crippen LogP contribution < -0.4 is 10.1 Å². The van der Waals surface area contributed by atoms with Gasteiger partial charge in [0.2, 0.25) is 0 Å². The molecule has 1 N–H and O–H groups in total. The average Bonchev–Trinajstić information content (AvgIpc) is 3.00. The van der Waals surface area contributed by atoms with E-state index in [1.54, 1.807) is 6.92 Å². The molecule has 0 atom stereocenters. The van der Waals surface area contributed by atoms with Crippen LogP contribution in [0.1, 0.15) is 37.0 Å². The quantitative estimate of drug-likeness (QED) is 0.578. The highest BCUT2D eigenvalue weighted by atomic mass is 16.6. The number of ether oxygens (including phenoxy) is 1. The van der Waals surface area contributed by atoms with Gasteiger partial charge in [0.25, 0.3) is 11.9 Å². The Hall–Kier alpha value is -3.04. The number of tetrazole rings is 1. The predicted octanol–water partition coefficient (Wildman–Crippen LogP) is 2.03. The lowest BCUT2D eigenvalue weighted by atomic mass is 10.1. The molecule has 1 aromatic carbocycles. The van der Waals surface area contributed by atoms with E-state index >= 15 is 0 Å². The lowest BCUT2D eigenvalue weighted by molar-refractivity contribution is -0.385. The van der Waals surface area contributed by atoms with Crippen LogP contribution in [0, 0.1) is 10.1 Å².